The van der Waals surface area contributed by atoms with Gasteiger partial charge in [-0.1, -0.05) is 25.1 Å². The number of halogens is 1. The summed E-state index contributed by atoms with van der Waals surface area (Å²) in [7, 11) is 0. The molecule has 0 amide bonds. The molecule has 2 aromatic carbocycles. The van der Waals surface area contributed by atoms with E-state index in [-0.39, 0.29) is 11.9 Å². The summed E-state index contributed by atoms with van der Waals surface area (Å²) in [6, 6.07) is 13.1. The first-order valence-corrected chi connectivity index (χ1v) is 7.37. The minimum atomic E-state index is -0.200. The van der Waals surface area contributed by atoms with Crippen molar-refractivity contribution in [3.8, 4) is 5.75 Å². The van der Waals surface area contributed by atoms with E-state index in [1.807, 2.05) is 51.1 Å². The standard InChI is InChI=1S/C18H22FNO/c1-4-20-18(15-9-13(3)10-16(19)11-15)14-7-6-8-17(12-14)21-5-2/h6-12,18,20H,4-5H2,1-3H3. The molecule has 0 fully saturated rings. The van der Waals surface area contributed by atoms with Crippen molar-refractivity contribution < 1.29 is 9.13 Å². The second-order valence-corrected chi connectivity index (χ2v) is 5.06. The van der Waals surface area contributed by atoms with Crippen molar-refractivity contribution >= 4 is 0 Å². The Hall–Kier alpha value is -1.87. The van der Waals surface area contributed by atoms with E-state index < -0.39 is 0 Å². The van der Waals surface area contributed by atoms with Crippen LogP contribution < -0.4 is 10.1 Å². The highest BCUT2D eigenvalue weighted by atomic mass is 19.1. The number of benzene rings is 2. The molecule has 0 aliphatic rings. The molecule has 0 saturated heterocycles. The maximum Gasteiger partial charge on any atom is 0.123 e. The van der Waals surface area contributed by atoms with Gasteiger partial charge < -0.3 is 10.1 Å². The fraction of sp³-hybridized carbons (Fsp3) is 0.333. The van der Waals surface area contributed by atoms with Crippen LogP contribution in [0.4, 0.5) is 4.39 Å². The molecule has 0 aliphatic heterocycles. The SMILES string of the molecule is CCNC(c1cc(C)cc(F)c1)c1cccc(OCC)c1. The zero-order valence-electron chi connectivity index (χ0n) is 12.8. The number of hydrogen-bond donors (Lipinski definition) is 1. The molecule has 0 spiro atoms. The van der Waals surface area contributed by atoms with E-state index in [9.17, 15) is 4.39 Å². The van der Waals surface area contributed by atoms with Crippen LogP contribution >= 0.6 is 0 Å². The van der Waals surface area contributed by atoms with E-state index in [2.05, 4.69) is 5.32 Å². The summed E-state index contributed by atoms with van der Waals surface area (Å²) in [6.45, 7) is 7.36. The Morgan fingerprint density at radius 2 is 1.90 bits per heavy atom. The molecule has 3 heteroatoms. The zero-order chi connectivity index (χ0) is 15.2. The van der Waals surface area contributed by atoms with E-state index in [0.717, 1.165) is 29.0 Å². The first kappa shape index (κ1) is 15.5. The number of aryl methyl sites for hydroxylation is 1. The average molecular weight is 287 g/mol. The lowest BCUT2D eigenvalue weighted by Gasteiger charge is -2.20. The Bertz CT molecular complexity index is 577. The Balaban J connectivity index is 2.40. The molecule has 1 unspecified atom stereocenters. The molecule has 2 aromatic rings. The van der Waals surface area contributed by atoms with Crippen LogP contribution in [0, 0.1) is 12.7 Å². The quantitative estimate of drug-likeness (QED) is 0.858. The van der Waals surface area contributed by atoms with Gasteiger partial charge in [0.1, 0.15) is 11.6 Å². The van der Waals surface area contributed by atoms with Gasteiger partial charge in [-0.05, 0) is 61.3 Å². The highest BCUT2D eigenvalue weighted by Crippen LogP contribution is 2.26. The second-order valence-electron chi connectivity index (χ2n) is 5.06. The number of nitrogens with one attached hydrogen (secondary N) is 1. The minimum Gasteiger partial charge on any atom is -0.494 e. The van der Waals surface area contributed by atoms with Crippen molar-refractivity contribution in [3.05, 3.63) is 65.0 Å². The van der Waals surface area contributed by atoms with Crippen LogP contribution in [0.1, 0.15) is 36.6 Å². The summed E-state index contributed by atoms with van der Waals surface area (Å²) < 4.78 is 19.2. The normalized spacial score (nSPS) is 12.2. The van der Waals surface area contributed by atoms with Crippen LogP contribution in [0.5, 0.6) is 5.75 Å². The Kier molecular flexibility index (Phi) is 5.34. The first-order chi connectivity index (χ1) is 10.1. The molecule has 0 aromatic heterocycles. The lowest BCUT2D eigenvalue weighted by atomic mass is 9.97. The first-order valence-electron chi connectivity index (χ1n) is 7.37. The maximum absolute atomic E-state index is 13.7. The van der Waals surface area contributed by atoms with Gasteiger partial charge in [0.15, 0.2) is 0 Å². The molecule has 0 radical (unpaired) electrons. The predicted octanol–water partition coefficient (Wildman–Crippen LogP) is 4.23. The van der Waals surface area contributed by atoms with Gasteiger partial charge in [0.2, 0.25) is 0 Å². The van der Waals surface area contributed by atoms with E-state index in [4.69, 9.17) is 4.74 Å². The molecule has 112 valence electrons. The minimum absolute atomic E-state index is 0.0372. The number of hydrogen-bond acceptors (Lipinski definition) is 2. The third-order valence-electron chi connectivity index (χ3n) is 3.31. The van der Waals surface area contributed by atoms with Crippen molar-refractivity contribution in [1.82, 2.24) is 5.32 Å². The van der Waals surface area contributed by atoms with E-state index in [1.54, 1.807) is 12.1 Å². The van der Waals surface area contributed by atoms with Crippen molar-refractivity contribution in [2.75, 3.05) is 13.2 Å². The highest BCUT2D eigenvalue weighted by Gasteiger charge is 2.15. The summed E-state index contributed by atoms with van der Waals surface area (Å²) in [5, 5.41) is 3.42. The van der Waals surface area contributed by atoms with Gasteiger partial charge in [0.25, 0.3) is 0 Å². The monoisotopic (exact) mass is 287 g/mol. The molecule has 0 bridgehead atoms. The van der Waals surface area contributed by atoms with Gasteiger partial charge in [-0.25, -0.2) is 4.39 Å². The summed E-state index contributed by atoms with van der Waals surface area (Å²) >= 11 is 0. The van der Waals surface area contributed by atoms with Crippen LogP contribution in [-0.2, 0) is 0 Å². The molecule has 0 aliphatic carbocycles. The highest BCUT2D eigenvalue weighted by molar-refractivity contribution is 5.38. The van der Waals surface area contributed by atoms with Gasteiger partial charge in [-0.3, -0.25) is 0 Å². The molecule has 1 N–H and O–H groups in total. The molecule has 1 atom stereocenters. The van der Waals surface area contributed by atoms with Crippen LogP contribution in [0.25, 0.3) is 0 Å². The Labute approximate surface area is 126 Å². The molecule has 0 heterocycles. The Morgan fingerprint density at radius 3 is 2.57 bits per heavy atom. The fourth-order valence-electron chi connectivity index (χ4n) is 2.51. The topological polar surface area (TPSA) is 21.3 Å². The lowest BCUT2D eigenvalue weighted by molar-refractivity contribution is 0.339. The predicted molar refractivity (Wildman–Crippen MR) is 84.3 cm³/mol. The van der Waals surface area contributed by atoms with E-state index in [0.29, 0.717) is 6.61 Å². The Morgan fingerprint density at radius 1 is 1.10 bits per heavy atom. The zero-order valence-corrected chi connectivity index (χ0v) is 12.8. The van der Waals surface area contributed by atoms with E-state index >= 15 is 0 Å². The van der Waals surface area contributed by atoms with Gasteiger partial charge in [0.05, 0.1) is 12.6 Å². The fourth-order valence-corrected chi connectivity index (χ4v) is 2.51. The summed E-state index contributed by atoms with van der Waals surface area (Å²) in [5.74, 6) is 0.639. The van der Waals surface area contributed by atoms with Crippen LogP contribution in [-0.4, -0.2) is 13.2 Å². The molecule has 0 saturated carbocycles. The van der Waals surface area contributed by atoms with Crippen LogP contribution in [0.15, 0.2) is 42.5 Å². The maximum atomic E-state index is 13.7. The molecule has 2 rings (SSSR count). The van der Waals surface area contributed by atoms with Crippen LogP contribution in [0.2, 0.25) is 0 Å². The second kappa shape index (κ2) is 7.23. The van der Waals surface area contributed by atoms with Crippen molar-refractivity contribution in [3.63, 3.8) is 0 Å². The molecular weight excluding hydrogens is 265 g/mol. The molecular formula is C18H22FNO. The van der Waals surface area contributed by atoms with Gasteiger partial charge in [-0.2, -0.15) is 0 Å². The third-order valence-corrected chi connectivity index (χ3v) is 3.31. The number of ether oxygens (including phenoxy) is 1. The third kappa shape index (κ3) is 4.05. The van der Waals surface area contributed by atoms with Gasteiger partial charge in [-0.15, -0.1) is 0 Å². The average Bonchev–Trinajstić information content (AvgIpc) is 2.44. The number of rotatable bonds is 6. The van der Waals surface area contributed by atoms with E-state index in [1.165, 1.54) is 0 Å². The summed E-state index contributed by atoms with van der Waals surface area (Å²) in [6.07, 6.45) is 0. The smallest absolute Gasteiger partial charge is 0.123 e. The molecule has 2 nitrogen and oxygen atoms in total. The summed E-state index contributed by atoms with van der Waals surface area (Å²) in [5.41, 5.74) is 2.93. The lowest BCUT2D eigenvalue weighted by Crippen LogP contribution is -2.22. The van der Waals surface area contributed by atoms with Crippen molar-refractivity contribution in [2.24, 2.45) is 0 Å². The summed E-state index contributed by atoms with van der Waals surface area (Å²) in [4.78, 5) is 0. The van der Waals surface area contributed by atoms with Crippen molar-refractivity contribution in [1.29, 1.82) is 0 Å². The van der Waals surface area contributed by atoms with Crippen molar-refractivity contribution in [2.45, 2.75) is 26.8 Å². The van der Waals surface area contributed by atoms with Gasteiger partial charge in [0, 0.05) is 0 Å². The van der Waals surface area contributed by atoms with Gasteiger partial charge >= 0.3 is 0 Å². The molecule has 21 heavy (non-hydrogen) atoms. The van der Waals surface area contributed by atoms with Crippen LogP contribution in [0.3, 0.4) is 0 Å². The largest absolute Gasteiger partial charge is 0.494 e.